The number of hydrogen-bond donors (Lipinski definition) is 1. The number of hydrogen-bond acceptors (Lipinski definition) is 2. The molecule has 0 amide bonds. The number of benzene rings is 2. The van der Waals surface area contributed by atoms with E-state index >= 15 is 0 Å². The zero-order valence-electron chi connectivity index (χ0n) is 13.0. The van der Waals surface area contributed by atoms with Gasteiger partial charge in [-0.3, -0.25) is 9.97 Å². The van der Waals surface area contributed by atoms with Gasteiger partial charge in [0.05, 0.1) is 11.0 Å². The quantitative estimate of drug-likeness (QED) is 0.525. The second-order valence-corrected chi connectivity index (χ2v) is 6.47. The van der Waals surface area contributed by atoms with Gasteiger partial charge in [-0.25, -0.2) is 0 Å². The van der Waals surface area contributed by atoms with Crippen molar-refractivity contribution < 1.29 is 0 Å². The van der Waals surface area contributed by atoms with Crippen molar-refractivity contribution in [3.05, 3.63) is 59.5 Å². The molecule has 4 heteroatoms. The summed E-state index contributed by atoms with van der Waals surface area (Å²) in [7, 11) is 0. The lowest BCUT2D eigenvalue weighted by atomic mass is 10.0. The van der Waals surface area contributed by atoms with E-state index in [2.05, 4.69) is 40.9 Å². The van der Waals surface area contributed by atoms with Crippen LogP contribution in [0.4, 0.5) is 0 Å². The zero-order valence-corrected chi connectivity index (χ0v) is 13.7. The van der Waals surface area contributed by atoms with Crippen LogP contribution in [0.3, 0.4) is 0 Å². The van der Waals surface area contributed by atoms with Crippen LogP contribution in [0.5, 0.6) is 0 Å². The summed E-state index contributed by atoms with van der Waals surface area (Å²) in [6.45, 7) is 4.35. The molecule has 114 valence electrons. The molecule has 0 atom stereocenters. The van der Waals surface area contributed by atoms with E-state index in [1.807, 2.05) is 24.3 Å². The third kappa shape index (κ3) is 2.47. The van der Waals surface area contributed by atoms with Gasteiger partial charge in [0.25, 0.3) is 0 Å². The van der Waals surface area contributed by atoms with E-state index < -0.39 is 0 Å². The van der Waals surface area contributed by atoms with Crippen molar-refractivity contribution in [1.29, 1.82) is 0 Å². The summed E-state index contributed by atoms with van der Waals surface area (Å²) in [6.07, 6.45) is 3.41. The van der Waals surface area contributed by atoms with Crippen LogP contribution in [-0.4, -0.2) is 15.0 Å². The molecule has 0 fully saturated rings. The monoisotopic (exact) mass is 321 g/mol. The summed E-state index contributed by atoms with van der Waals surface area (Å²) in [6, 6.07) is 12.3. The molecule has 0 aliphatic rings. The van der Waals surface area contributed by atoms with E-state index in [1.165, 1.54) is 5.69 Å². The van der Waals surface area contributed by atoms with Crippen LogP contribution in [0.1, 0.15) is 25.5 Å². The molecule has 3 nitrogen and oxygen atoms in total. The first kappa shape index (κ1) is 14.2. The van der Waals surface area contributed by atoms with E-state index in [0.717, 1.165) is 38.1 Å². The number of nitrogens with one attached hydrogen (secondary N) is 1. The summed E-state index contributed by atoms with van der Waals surface area (Å²) in [5, 5.41) is 1.89. The molecule has 0 bridgehead atoms. The first-order valence-corrected chi connectivity index (χ1v) is 8.03. The van der Waals surface area contributed by atoms with Gasteiger partial charge >= 0.3 is 0 Å². The van der Waals surface area contributed by atoms with Crippen LogP contribution in [-0.2, 0) is 0 Å². The molecule has 0 saturated heterocycles. The second-order valence-electron chi connectivity index (χ2n) is 6.06. The predicted octanol–water partition coefficient (Wildman–Crippen LogP) is 5.55. The molecule has 0 saturated carbocycles. The van der Waals surface area contributed by atoms with Gasteiger partial charge in [0.1, 0.15) is 0 Å². The van der Waals surface area contributed by atoms with Crippen molar-refractivity contribution >= 4 is 33.5 Å². The maximum absolute atomic E-state index is 6.53. The van der Waals surface area contributed by atoms with Gasteiger partial charge in [-0.05, 0) is 41.8 Å². The van der Waals surface area contributed by atoms with Gasteiger partial charge in [-0.15, -0.1) is 0 Å². The van der Waals surface area contributed by atoms with Crippen LogP contribution >= 0.6 is 11.6 Å². The smallest absolute Gasteiger partial charge is 0.0892 e. The van der Waals surface area contributed by atoms with E-state index in [-0.39, 0.29) is 0 Å². The summed E-state index contributed by atoms with van der Waals surface area (Å²) < 4.78 is 0. The number of H-pyrrole nitrogens is 1. The molecule has 0 unspecified atom stereocenters. The minimum atomic E-state index is 0.459. The first-order chi connectivity index (χ1) is 11.1. The Balaban J connectivity index is 1.90. The van der Waals surface area contributed by atoms with Gasteiger partial charge in [-0.1, -0.05) is 31.5 Å². The molecule has 23 heavy (non-hydrogen) atoms. The highest BCUT2D eigenvalue weighted by Gasteiger charge is 2.10. The first-order valence-electron chi connectivity index (χ1n) is 7.65. The Morgan fingerprint density at radius 2 is 1.74 bits per heavy atom. The highest BCUT2D eigenvalue weighted by Crippen LogP contribution is 2.34. The average Bonchev–Trinajstić information content (AvgIpc) is 2.97. The summed E-state index contributed by atoms with van der Waals surface area (Å²) in [5.41, 5.74) is 6.13. The molecule has 1 N–H and O–H groups in total. The van der Waals surface area contributed by atoms with E-state index in [0.29, 0.717) is 5.92 Å². The third-order valence-electron chi connectivity index (χ3n) is 4.13. The van der Waals surface area contributed by atoms with Crippen LogP contribution in [0, 0.1) is 0 Å². The van der Waals surface area contributed by atoms with Gasteiger partial charge in [-0.2, -0.15) is 0 Å². The van der Waals surface area contributed by atoms with Crippen LogP contribution < -0.4 is 0 Å². The average molecular weight is 322 g/mol. The van der Waals surface area contributed by atoms with Crippen molar-refractivity contribution in [2.24, 2.45) is 0 Å². The molecule has 0 aliphatic carbocycles. The summed E-state index contributed by atoms with van der Waals surface area (Å²) >= 11 is 6.53. The predicted molar refractivity (Wildman–Crippen MR) is 95.9 cm³/mol. The molecule has 2 aromatic heterocycles. The topological polar surface area (TPSA) is 41.6 Å². The van der Waals surface area contributed by atoms with Crippen molar-refractivity contribution in [3.63, 3.8) is 0 Å². The van der Waals surface area contributed by atoms with Crippen molar-refractivity contribution in [2.45, 2.75) is 19.8 Å². The third-order valence-corrected chi connectivity index (χ3v) is 4.44. The molecular weight excluding hydrogens is 306 g/mol. The number of nitrogens with zero attached hydrogens (tertiary/aromatic N) is 2. The van der Waals surface area contributed by atoms with E-state index in [1.54, 1.807) is 12.4 Å². The lowest BCUT2D eigenvalue weighted by Crippen LogP contribution is -1.86. The van der Waals surface area contributed by atoms with Crippen LogP contribution in [0.25, 0.3) is 33.1 Å². The van der Waals surface area contributed by atoms with Crippen molar-refractivity contribution in [1.82, 2.24) is 15.0 Å². The lowest BCUT2D eigenvalue weighted by molar-refractivity contribution is 0.836. The van der Waals surface area contributed by atoms with Crippen molar-refractivity contribution in [2.75, 3.05) is 0 Å². The summed E-state index contributed by atoms with van der Waals surface area (Å²) in [4.78, 5) is 12.2. The number of halogens is 1. The maximum atomic E-state index is 6.53. The number of aromatic amines is 1. The molecule has 2 heterocycles. The van der Waals surface area contributed by atoms with Gasteiger partial charge in [0.15, 0.2) is 0 Å². The highest BCUT2D eigenvalue weighted by atomic mass is 35.5. The Labute approximate surface area is 139 Å². The van der Waals surface area contributed by atoms with Crippen LogP contribution in [0.15, 0.2) is 48.8 Å². The molecule has 4 rings (SSSR count). The van der Waals surface area contributed by atoms with Gasteiger partial charge in [0, 0.05) is 39.6 Å². The molecular formula is C19H16ClN3. The molecule has 0 spiro atoms. The van der Waals surface area contributed by atoms with Crippen LogP contribution in [0.2, 0.25) is 5.02 Å². The lowest BCUT2D eigenvalue weighted by Gasteiger charge is -2.06. The second kappa shape index (κ2) is 5.36. The normalized spacial score (nSPS) is 11.7. The minimum Gasteiger partial charge on any atom is -0.358 e. The Morgan fingerprint density at radius 1 is 0.957 bits per heavy atom. The van der Waals surface area contributed by atoms with Gasteiger partial charge in [0.2, 0.25) is 0 Å². The molecule has 4 aromatic rings. The SMILES string of the molecule is CC(C)c1cc2cc(Cl)c(-c3ccc4nccnc4c3)cc2[nH]1. The standard InChI is InChI=1S/C19H16ClN3/c1-11(2)17-9-13-7-15(20)14(10-18(13)23-17)12-3-4-16-19(8-12)22-6-5-21-16/h3-11,23H,1-2H3. The number of fused-ring (bicyclic) bond motifs is 2. The number of aromatic nitrogens is 3. The molecule has 2 aromatic carbocycles. The fourth-order valence-corrected chi connectivity index (χ4v) is 3.12. The van der Waals surface area contributed by atoms with Crippen molar-refractivity contribution in [3.8, 4) is 11.1 Å². The zero-order chi connectivity index (χ0) is 16.0. The Bertz CT molecular complexity index is 1020. The Hall–Kier alpha value is -2.39. The summed E-state index contributed by atoms with van der Waals surface area (Å²) in [5.74, 6) is 0.459. The van der Waals surface area contributed by atoms with Gasteiger partial charge < -0.3 is 4.98 Å². The number of rotatable bonds is 2. The Morgan fingerprint density at radius 3 is 2.52 bits per heavy atom. The molecule has 0 radical (unpaired) electrons. The highest BCUT2D eigenvalue weighted by molar-refractivity contribution is 6.34. The molecule has 0 aliphatic heterocycles. The fourth-order valence-electron chi connectivity index (χ4n) is 2.84. The van der Waals surface area contributed by atoms with E-state index in [4.69, 9.17) is 11.6 Å². The fraction of sp³-hybridized carbons (Fsp3) is 0.158. The minimum absolute atomic E-state index is 0.459. The largest absolute Gasteiger partial charge is 0.358 e. The maximum Gasteiger partial charge on any atom is 0.0892 e. The Kier molecular flexibility index (Phi) is 3.31. The van der Waals surface area contributed by atoms with E-state index in [9.17, 15) is 0 Å².